The van der Waals surface area contributed by atoms with Crippen molar-refractivity contribution in [1.29, 1.82) is 0 Å². The van der Waals surface area contributed by atoms with Gasteiger partial charge in [-0.3, -0.25) is 0 Å². The Kier molecular flexibility index (Phi) is 4.93. The summed E-state index contributed by atoms with van der Waals surface area (Å²) in [4.78, 5) is 4.56. The maximum Gasteiger partial charge on any atom is 0.231 e. The lowest BCUT2D eigenvalue weighted by Gasteiger charge is -2.18. The molecule has 0 aliphatic heterocycles. The van der Waals surface area contributed by atoms with E-state index in [9.17, 15) is 0 Å². The molecule has 5 nitrogen and oxygen atoms in total. The summed E-state index contributed by atoms with van der Waals surface area (Å²) in [5, 5.41) is 7.42. The highest BCUT2D eigenvalue weighted by Crippen LogP contribution is 2.42. The zero-order valence-corrected chi connectivity index (χ0v) is 12.3. The smallest absolute Gasteiger partial charge is 0.231 e. The van der Waals surface area contributed by atoms with Crippen molar-refractivity contribution in [2.24, 2.45) is 5.92 Å². The zero-order chi connectivity index (χ0) is 13.8. The summed E-state index contributed by atoms with van der Waals surface area (Å²) in [6.07, 6.45) is 3.47. The second-order valence-electron chi connectivity index (χ2n) is 5.30. The molecule has 1 saturated carbocycles. The molecule has 0 spiro atoms. The van der Waals surface area contributed by atoms with Crippen LogP contribution in [0, 0.1) is 5.92 Å². The topological polar surface area (TPSA) is 60.2 Å². The Hall–Kier alpha value is -0.940. The lowest BCUT2D eigenvalue weighted by molar-refractivity contribution is 0.0384. The first kappa shape index (κ1) is 14.5. The van der Waals surface area contributed by atoms with E-state index in [1.54, 1.807) is 0 Å². The molecule has 0 aromatic carbocycles. The molecule has 5 heteroatoms. The van der Waals surface area contributed by atoms with Crippen LogP contribution in [0.5, 0.6) is 0 Å². The van der Waals surface area contributed by atoms with Gasteiger partial charge in [-0.25, -0.2) is 0 Å². The minimum absolute atomic E-state index is 0.0179. The molecule has 1 heterocycles. The highest BCUT2D eigenvalue weighted by molar-refractivity contribution is 5.02. The molecule has 0 radical (unpaired) electrons. The van der Waals surface area contributed by atoms with Crippen LogP contribution in [0.3, 0.4) is 0 Å². The molecule has 19 heavy (non-hydrogen) atoms. The molecule has 1 aliphatic carbocycles. The SMILES string of the molecule is CCOC(c1noc(C(C)C(CC)NC)n1)C1CC1. The van der Waals surface area contributed by atoms with Crippen LogP contribution in [0.1, 0.15) is 63.8 Å². The molecule has 1 fully saturated rings. The van der Waals surface area contributed by atoms with E-state index < -0.39 is 0 Å². The van der Waals surface area contributed by atoms with Crippen LogP contribution in [0.25, 0.3) is 0 Å². The van der Waals surface area contributed by atoms with Crippen LogP contribution in [0.2, 0.25) is 0 Å². The Morgan fingerprint density at radius 2 is 2.16 bits per heavy atom. The van der Waals surface area contributed by atoms with E-state index in [-0.39, 0.29) is 12.0 Å². The highest BCUT2D eigenvalue weighted by Gasteiger charge is 2.36. The van der Waals surface area contributed by atoms with E-state index in [4.69, 9.17) is 9.26 Å². The van der Waals surface area contributed by atoms with Crippen LogP contribution in [-0.4, -0.2) is 29.8 Å². The van der Waals surface area contributed by atoms with Crippen molar-refractivity contribution in [2.75, 3.05) is 13.7 Å². The van der Waals surface area contributed by atoms with Gasteiger partial charge in [-0.2, -0.15) is 4.98 Å². The van der Waals surface area contributed by atoms with E-state index in [2.05, 4.69) is 29.3 Å². The number of nitrogens with zero attached hydrogens (tertiary/aromatic N) is 2. The summed E-state index contributed by atoms with van der Waals surface area (Å²) in [6, 6.07) is 0.361. The van der Waals surface area contributed by atoms with Gasteiger partial charge in [0, 0.05) is 12.6 Å². The van der Waals surface area contributed by atoms with Crippen LogP contribution in [0.4, 0.5) is 0 Å². The monoisotopic (exact) mass is 267 g/mol. The van der Waals surface area contributed by atoms with Crippen molar-refractivity contribution < 1.29 is 9.26 Å². The summed E-state index contributed by atoms with van der Waals surface area (Å²) in [7, 11) is 1.97. The van der Waals surface area contributed by atoms with Gasteiger partial charge < -0.3 is 14.6 Å². The van der Waals surface area contributed by atoms with Crippen molar-refractivity contribution in [2.45, 2.75) is 58.1 Å². The summed E-state index contributed by atoms with van der Waals surface area (Å²) in [5.74, 6) is 2.23. The number of likely N-dealkylation sites (N-methyl/N-ethyl adjacent to an activating group) is 1. The second-order valence-corrected chi connectivity index (χ2v) is 5.30. The second kappa shape index (κ2) is 6.48. The molecule has 0 saturated heterocycles. The van der Waals surface area contributed by atoms with Gasteiger partial charge in [0.15, 0.2) is 0 Å². The predicted octanol–water partition coefficient (Wildman–Crippen LogP) is 2.66. The fourth-order valence-electron chi connectivity index (χ4n) is 2.53. The Balaban J connectivity index is 2.08. The maximum absolute atomic E-state index is 5.76. The molecule has 1 aliphatic rings. The van der Waals surface area contributed by atoms with Gasteiger partial charge in [0.25, 0.3) is 0 Å². The quantitative estimate of drug-likeness (QED) is 0.784. The van der Waals surface area contributed by atoms with E-state index in [0.717, 1.165) is 12.2 Å². The van der Waals surface area contributed by atoms with Gasteiger partial charge in [0.05, 0.1) is 5.92 Å². The van der Waals surface area contributed by atoms with Gasteiger partial charge in [-0.15, -0.1) is 0 Å². The van der Waals surface area contributed by atoms with Gasteiger partial charge >= 0.3 is 0 Å². The van der Waals surface area contributed by atoms with Crippen molar-refractivity contribution in [3.63, 3.8) is 0 Å². The first-order valence-electron chi connectivity index (χ1n) is 7.33. The largest absolute Gasteiger partial charge is 0.370 e. The van der Waals surface area contributed by atoms with Crippen molar-refractivity contribution in [3.05, 3.63) is 11.7 Å². The summed E-state index contributed by atoms with van der Waals surface area (Å²) in [5.41, 5.74) is 0. The molecule has 108 valence electrons. The number of aromatic nitrogens is 2. The number of hydrogen-bond acceptors (Lipinski definition) is 5. The Labute approximate surface area is 115 Å². The Bertz CT molecular complexity index is 386. The molecular weight excluding hydrogens is 242 g/mol. The lowest BCUT2D eigenvalue weighted by Crippen LogP contribution is -2.30. The standard InChI is InChI=1S/C14H25N3O2/c1-5-11(15-4)9(3)14-16-13(17-19-14)12(18-6-2)10-7-8-10/h9-12,15H,5-8H2,1-4H3. The molecule has 2 rings (SSSR count). The molecule has 0 bridgehead atoms. The van der Waals surface area contributed by atoms with Gasteiger partial charge in [0.2, 0.25) is 11.7 Å². The average Bonchev–Trinajstić information content (AvgIpc) is 3.14. The van der Waals surface area contributed by atoms with Crippen molar-refractivity contribution >= 4 is 0 Å². The predicted molar refractivity (Wildman–Crippen MR) is 72.9 cm³/mol. The Morgan fingerprint density at radius 1 is 1.42 bits per heavy atom. The molecule has 1 aromatic heterocycles. The maximum atomic E-state index is 5.76. The zero-order valence-electron chi connectivity index (χ0n) is 12.3. The Morgan fingerprint density at radius 3 is 2.68 bits per heavy atom. The van der Waals surface area contributed by atoms with Gasteiger partial charge in [-0.1, -0.05) is 19.0 Å². The molecular formula is C14H25N3O2. The van der Waals surface area contributed by atoms with Crippen molar-refractivity contribution in [1.82, 2.24) is 15.5 Å². The number of hydrogen-bond donors (Lipinski definition) is 1. The summed E-state index contributed by atoms with van der Waals surface area (Å²) in [6.45, 7) is 6.97. The fourth-order valence-corrected chi connectivity index (χ4v) is 2.53. The van der Waals surface area contributed by atoms with Crippen LogP contribution in [-0.2, 0) is 4.74 Å². The highest BCUT2D eigenvalue weighted by atomic mass is 16.5. The molecule has 0 amide bonds. The third kappa shape index (κ3) is 3.34. The number of ether oxygens (including phenoxy) is 1. The summed E-state index contributed by atoms with van der Waals surface area (Å²) >= 11 is 0. The van der Waals surface area contributed by atoms with E-state index in [0.29, 0.717) is 24.5 Å². The number of nitrogens with one attached hydrogen (secondary N) is 1. The minimum atomic E-state index is 0.0179. The molecule has 1 aromatic rings. The molecule has 3 atom stereocenters. The molecule has 1 N–H and O–H groups in total. The fraction of sp³-hybridized carbons (Fsp3) is 0.857. The minimum Gasteiger partial charge on any atom is -0.370 e. The van der Waals surface area contributed by atoms with Crippen LogP contribution in [0.15, 0.2) is 4.52 Å². The first-order valence-corrected chi connectivity index (χ1v) is 7.33. The third-order valence-electron chi connectivity index (χ3n) is 3.91. The third-order valence-corrected chi connectivity index (χ3v) is 3.91. The van der Waals surface area contributed by atoms with E-state index in [1.807, 2.05) is 14.0 Å². The first-order chi connectivity index (χ1) is 9.21. The van der Waals surface area contributed by atoms with E-state index >= 15 is 0 Å². The van der Waals surface area contributed by atoms with Crippen LogP contribution < -0.4 is 5.32 Å². The normalized spacial score (nSPS) is 20.2. The van der Waals surface area contributed by atoms with Crippen molar-refractivity contribution in [3.8, 4) is 0 Å². The molecule has 3 unspecified atom stereocenters. The van der Waals surface area contributed by atoms with Crippen LogP contribution >= 0.6 is 0 Å². The van der Waals surface area contributed by atoms with E-state index in [1.165, 1.54) is 12.8 Å². The average molecular weight is 267 g/mol. The van der Waals surface area contributed by atoms with Gasteiger partial charge in [0.1, 0.15) is 6.10 Å². The van der Waals surface area contributed by atoms with Gasteiger partial charge in [-0.05, 0) is 39.2 Å². The number of rotatable bonds is 8. The lowest BCUT2D eigenvalue weighted by atomic mass is 10.00. The summed E-state index contributed by atoms with van der Waals surface area (Å²) < 4.78 is 11.2.